The summed E-state index contributed by atoms with van der Waals surface area (Å²) in [4.78, 5) is 22.3. The van der Waals surface area contributed by atoms with Gasteiger partial charge in [-0.1, -0.05) is 11.6 Å². The standard InChI is InChI=1S/C15H17ClN4O4/c1-9-15(16)10(2)19(18-9)7-6-14(21)17-12-5-4-11(20(22)23)8-13(12)24-3/h4-5,8H,6-7H2,1-3H3,(H,17,21). The molecule has 2 rings (SSSR count). The fourth-order valence-electron chi connectivity index (χ4n) is 2.21. The maximum Gasteiger partial charge on any atom is 0.273 e. The van der Waals surface area contributed by atoms with E-state index in [1.165, 1.54) is 25.3 Å². The molecule has 1 aromatic heterocycles. The van der Waals surface area contributed by atoms with Crippen LogP contribution in [0.4, 0.5) is 11.4 Å². The van der Waals surface area contributed by atoms with E-state index in [4.69, 9.17) is 16.3 Å². The number of aromatic nitrogens is 2. The minimum atomic E-state index is -0.527. The van der Waals surface area contributed by atoms with E-state index < -0.39 is 4.92 Å². The number of hydrogen-bond donors (Lipinski definition) is 1. The third-order valence-electron chi connectivity index (χ3n) is 3.51. The number of methoxy groups -OCH3 is 1. The molecule has 0 fully saturated rings. The second-order valence-corrected chi connectivity index (χ2v) is 5.53. The molecule has 128 valence electrons. The predicted octanol–water partition coefficient (Wildman–Crippen LogP) is 3.10. The average Bonchev–Trinajstić information content (AvgIpc) is 2.80. The summed E-state index contributed by atoms with van der Waals surface area (Å²) in [5, 5.41) is 18.3. The van der Waals surface area contributed by atoms with Crippen LogP contribution in [0.3, 0.4) is 0 Å². The number of aryl methyl sites for hydroxylation is 2. The maximum absolute atomic E-state index is 12.1. The lowest BCUT2D eigenvalue weighted by atomic mass is 10.2. The van der Waals surface area contributed by atoms with Gasteiger partial charge in [-0.25, -0.2) is 0 Å². The number of nitrogens with one attached hydrogen (secondary N) is 1. The van der Waals surface area contributed by atoms with Crippen molar-refractivity contribution < 1.29 is 14.5 Å². The van der Waals surface area contributed by atoms with Crippen LogP contribution in [0.2, 0.25) is 5.02 Å². The van der Waals surface area contributed by atoms with Crippen LogP contribution in [-0.4, -0.2) is 27.7 Å². The molecule has 0 aliphatic heterocycles. The highest BCUT2D eigenvalue weighted by atomic mass is 35.5. The van der Waals surface area contributed by atoms with Gasteiger partial charge in [0.2, 0.25) is 5.91 Å². The van der Waals surface area contributed by atoms with E-state index in [1.54, 1.807) is 11.6 Å². The van der Waals surface area contributed by atoms with Crippen molar-refractivity contribution in [2.45, 2.75) is 26.8 Å². The molecular weight excluding hydrogens is 336 g/mol. The van der Waals surface area contributed by atoms with Crippen molar-refractivity contribution >= 4 is 28.9 Å². The van der Waals surface area contributed by atoms with E-state index in [2.05, 4.69) is 10.4 Å². The molecule has 0 saturated carbocycles. The van der Waals surface area contributed by atoms with Gasteiger partial charge in [-0.2, -0.15) is 5.10 Å². The number of amides is 1. The van der Waals surface area contributed by atoms with Crippen molar-refractivity contribution in [1.82, 2.24) is 9.78 Å². The molecule has 0 saturated heterocycles. The topological polar surface area (TPSA) is 99.3 Å². The molecular formula is C15H17ClN4O4. The first-order valence-corrected chi connectivity index (χ1v) is 7.53. The maximum atomic E-state index is 12.1. The second-order valence-electron chi connectivity index (χ2n) is 5.15. The van der Waals surface area contributed by atoms with Crippen LogP contribution in [0.25, 0.3) is 0 Å². The van der Waals surface area contributed by atoms with E-state index in [1.807, 2.05) is 6.92 Å². The number of anilines is 1. The molecule has 1 heterocycles. The van der Waals surface area contributed by atoms with Crippen molar-refractivity contribution in [1.29, 1.82) is 0 Å². The molecule has 0 unspecified atom stereocenters. The number of benzene rings is 1. The van der Waals surface area contributed by atoms with Gasteiger partial charge in [-0.15, -0.1) is 0 Å². The van der Waals surface area contributed by atoms with Gasteiger partial charge in [-0.05, 0) is 19.9 Å². The number of nitrogens with zero attached hydrogens (tertiary/aromatic N) is 3. The van der Waals surface area contributed by atoms with E-state index in [0.717, 1.165) is 5.69 Å². The third kappa shape index (κ3) is 3.83. The Morgan fingerprint density at radius 3 is 2.71 bits per heavy atom. The van der Waals surface area contributed by atoms with Gasteiger partial charge >= 0.3 is 0 Å². The van der Waals surface area contributed by atoms with Crippen molar-refractivity contribution in [2.75, 3.05) is 12.4 Å². The Morgan fingerprint density at radius 1 is 1.46 bits per heavy atom. The fraction of sp³-hybridized carbons (Fsp3) is 0.333. The van der Waals surface area contributed by atoms with Crippen LogP contribution in [0, 0.1) is 24.0 Å². The summed E-state index contributed by atoms with van der Waals surface area (Å²) in [7, 11) is 1.38. The van der Waals surface area contributed by atoms with Gasteiger partial charge in [0, 0.05) is 12.5 Å². The summed E-state index contributed by atoms with van der Waals surface area (Å²) in [6, 6.07) is 4.00. The molecule has 1 aromatic carbocycles. The van der Waals surface area contributed by atoms with Crippen LogP contribution in [0.5, 0.6) is 5.75 Å². The Labute approximate surface area is 143 Å². The number of hydrogen-bond acceptors (Lipinski definition) is 5. The zero-order chi connectivity index (χ0) is 17.9. The molecule has 0 radical (unpaired) electrons. The lowest BCUT2D eigenvalue weighted by molar-refractivity contribution is -0.384. The predicted molar refractivity (Wildman–Crippen MR) is 89.6 cm³/mol. The largest absolute Gasteiger partial charge is 0.494 e. The van der Waals surface area contributed by atoms with Crippen LogP contribution >= 0.6 is 11.6 Å². The first-order chi connectivity index (χ1) is 11.3. The number of non-ortho nitro benzene ring substituents is 1. The molecule has 1 amide bonds. The second kappa shape index (κ2) is 7.31. The van der Waals surface area contributed by atoms with Gasteiger partial charge in [0.15, 0.2) is 0 Å². The van der Waals surface area contributed by atoms with Gasteiger partial charge < -0.3 is 10.1 Å². The van der Waals surface area contributed by atoms with Crippen molar-refractivity contribution in [3.05, 3.63) is 44.7 Å². The molecule has 2 aromatic rings. The summed E-state index contributed by atoms with van der Waals surface area (Å²) in [6.45, 7) is 4.01. The lowest BCUT2D eigenvalue weighted by Gasteiger charge is -2.10. The molecule has 24 heavy (non-hydrogen) atoms. The Balaban J connectivity index is 2.04. The summed E-state index contributed by atoms with van der Waals surface area (Å²) in [6.07, 6.45) is 0.179. The van der Waals surface area contributed by atoms with E-state index >= 15 is 0 Å². The average molecular weight is 353 g/mol. The van der Waals surface area contributed by atoms with Gasteiger partial charge in [0.1, 0.15) is 5.75 Å². The van der Waals surface area contributed by atoms with Gasteiger partial charge in [0.25, 0.3) is 5.69 Å². The number of halogens is 1. The number of carbonyl (C=O) groups excluding carboxylic acids is 1. The molecule has 0 aliphatic carbocycles. The van der Waals surface area contributed by atoms with Crippen LogP contribution in [-0.2, 0) is 11.3 Å². The first-order valence-electron chi connectivity index (χ1n) is 7.15. The molecule has 0 bridgehead atoms. The monoisotopic (exact) mass is 352 g/mol. The Morgan fingerprint density at radius 2 is 2.17 bits per heavy atom. The highest BCUT2D eigenvalue weighted by Gasteiger charge is 2.14. The van der Waals surface area contributed by atoms with Crippen molar-refractivity contribution in [3.63, 3.8) is 0 Å². The van der Waals surface area contributed by atoms with Crippen LogP contribution in [0.15, 0.2) is 18.2 Å². The van der Waals surface area contributed by atoms with Crippen LogP contribution < -0.4 is 10.1 Å². The molecule has 0 spiro atoms. The molecule has 8 nitrogen and oxygen atoms in total. The minimum Gasteiger partial charge on any atom is -0.494 e. The zero-order valence-electron chi connectivity index (χ0n) is 13.5. The Hall–Kier alpha value is -2.61. The first kappa shape index (κ1) is 17.7. The summed E-state index contributed by atoms with van der Waals surface area (Å²) in [5.41, 5.74) is 1.78. The zero-order valence-corrected chi connectivity index (χ0v) is 14.3. The Bertz CT molecular complexity index is 788. The SMILES string of the molecule is COc1cc([N+](=O)[O-])ccc1NC(=O)CCn1nc(C)c(Cl)c1C. The van der Waals surface area contributed by atoms with E-state index in [9.17, 15) is 14.9 Å². The summed E-state index contributed by atoms with van der Waals surface area (Å²) in [5.74, 6) is -0.0301. The van der Waals surface area contributed by atoms with E-state index in [0.29, 0.717) is 22.9 Å². The number of nitro groups is 1. The van der Waals surface area contributed by atoms with E-state index in [-0.39, 0.29) is 23.8 Å². The third-order valence-corrected chi connectivity index (χ3v) is 4.06. The van der Waals surface area contributed by atoms with Crippen molar-refractivity contribution in [3.8, 4) is 5.75 Å². The number of carbonyl (C=O) groups is 1. The number of nitro benzene ring substituents is 1. The summed E-state index contributed by atoms with van der Waals surface area (Å²) >= 11 is 6.07. The summed E-state index contributed by atoms with van der Waals surface area (Å²) < 4.78 is 6.75. The normalized spacial score (nSPS) is 10.5. The smallest absolute Gasteiger partial charge is 0.273 e. The molecule has 0 aliphatic rings. The highest BCUT2D eigenvalue weighted by molar-refractivity contribution is 6.31. The molecule has 9 heteroatoms. The quantitative estimate of drug-likeness (QED) is 0.636. The number of rotatable bonds is 6. The fourth-order valence-corrected chi connectivity index (χ4v) is 2.35. The highest BCUT2D eigenvalue weighted by Crippen LogP contribution is 2.29. The van der Waals surface area contributed by atoms with Crippen molar-refractivity contribution in [2.24, 2.45) is 0 Å². The molecule has 0 atom stereocenters. The lowest BCUT2D eigenvalue weighted by Crippen LogP contribution is -2.16. The molecule has 1 N–H and O–H groups in total. The van der Waals surface area contributed by atoms with Crippen LogP contribution in [0.1, 0.15) is 17.8 Å². The van der Waals surface area contributed by atoms with Gasteiger partial charge in [0.05, 0.1) is 46.7 Å². The number of ether oxygens (including phenoxy) is 1. The van der Waals surface area contributed by atoms with Gasteiger partial charge in [-0.3, -0.25) is 19.6 Å². The minimum absolute atomic E-state index is 0.109. The Kier molecular flexibility index (Phi) is 5.40.